The number of aryl methyl sites for hydroxylation is 1. The number of nitrogens with zero attached hydrogens (tertiary/aromatic N) is 5. The molecule has 1 saturated heterocycles. The summed E-state index contributed by atoms with van der Waals surface area (Å²) in [6.07, 6.45) is 6.47. The van der Waals surface area contributed by atoms with Gasteiger partial charge in [0.05, 0.1) is 24.9 Å². The first-order valence-corrected chi connectivity index (χ1v) is 8.57. The van der Waals surface area contributed by atoms with E-state index in [4.69, 9.17) is 0 Å². The van der Waals surface area contributed by atoms with Crippen molar-refractivity contribution in [3.63, 3.8) is 0 Å². The fraction of sp³-hybridized carbons (Fsp3) is 0.529. The summed E-state index contributed by atoms with van der Waals surface area (Å²) in [5.74, 6) is 1.16. The van der Waals surface area contributed by atoms with E-state index in [0.29, 0.717) is 18.3 Å². The van der Waals surface area contributed by atoms with E-state index in [1.54, 1.807) is 28.2 Å². The van der Waals surface area contributed by atoms with Crippen LogP contribution >= 0.6 is 0 Å². The van der Waals surface area contributed by atoms with Gasteiger partial charge in [-0.2, -0.15) is 0 Å². The summed E-state index contributed by atoms with van der Waals surface area (Å²) in [6.45, 7) is 5.02. The number of aliphatic hydroxyl groups excluding tert-OH is 1. The van der Waals surface area contributed by atoms with Crippen LogP contribution in [0.2, 0.25) is 0 Å². The Hall–Kier alpha value is -2.48. The highest BCUT2D eigenvalue weighted by atomic mass is 16.3. The van der Waals surface area contributed by atoms with E-state index in [9.17, 15) is 9.90 Å². The first kappa shape index (κ1) is 17.3. The summed E-state index contributed by atoms with van der Waals surface area (Å²) < 4.78 is 1.58. The van der Waals surface area contributed by atoms with Gasteiger partial charge in [-0.05, 0) is 30.4 Å². The minimum Gasteiger partial charge on any atom is -0.389 e. The second kappa shape index (κ2) is 7.60. The number of hydrogen-bond donors (Lipinski definition) is 2. The topological polar surface area (TPSA) is 96.2 Å². The first-order chi connectivity index (χ1) is 12.0. The van der Waals surface area contributed by atoms with Crippen LogP contribution in [0.3, 0.4) is 0 Å². The lowest BCUT2D eigenvalue weighted by atomic mass is 10.0. The minimum absolute atomic E-state index is 0.253. The van der Waals surface area contributed by atoms with E-state index in [0.717, 1.165) is 18.4 Å². The maximum Gasteiger partial charge on any atom is 0.323 e. The fourth-order valence-corrected chi connectivity index (χ4v) is 2.88. The standard InChI is InChI=1S/C17H24N6O2/c1-12(2)3-4-13-5-6-16(18-9-13)20-17(25)22-10-14(15(24)11-22)23-8-7-19-21-23/h5-9,12,14-15,24H,3-4,10-11H2,1-2H3,(H,18,20,25)/t14-,15-/m1/s1. The molecular formula is C17H24N6O2. The Morgan fingerprint density at radius 1 is 1.40 bits per heavy atom. The molecule has 2 atom stereocenters. The summed E-state index contributed by atoms with van der Waals surface area (Å²) in [5, 5.41) is 20.6. The Morgan fingerprint density at radius 3 is 2.88 bits per heavy atom. The molecule has 3 rings (SSSR count). The van der Waals surface area contributed by atoms with E-state index >= 15 is 0 Å². The molecule has 0 aromatic carbocycles. The maximum atomic E-state index is 12.4. The number of rotatable bonds is 5. The lowest BCUT2D eigenvalue weighted by Gasteiger charge is -2.16. The zero-order chi connectivity index (χ0) is 17.8. The van der Waals surface area contributed by atoms with Crippen LogP contribution < -0.4 is 5.32 Å². The molecule has 2 aromatic rings. The lowest BCUT2D eigenvalue weighted by molar-refractivity contribution is 0.139. The molecule has 2 amide bonds. The predicted molar refractivity (Wildman–Crippen MR) is 93.1 cm³/mol. The summed E-state index contributed by atoms with van der Waals surface area (Å²) >= 11 is 0. The molecule has 2 aromatic heterocycles. The summed E-state index contributed by atoms with van der Waals surface area (Å²) in [4.78, 5) is 18.3. The number of β-amino-alcohol motifs (C(OH)–C–C–N with tert-alkyl or cyclic N) is 1. The zero-order valence-corrected chi connectivity index (χ0v) is 14.5. The number of amides is 2. The van der Waals surface area contributed by atoms with Gasteiger partial charge >= 0.3 is 6.03 Å². The highest BCUT2D eigenvalue weighted by Crippen LogP contribution is 2.22. The Balaban J connectivity index is 1.55. The second-order valence-electron chi connectivity index (χ2n) is 6.84. The molecule has 8 heteroatoms. The average Bonchev–Trinajstić information content (AvgIpc) is 3.23. The van der Waals surface area contributed by atoms with Gasteiger partial charge < -0.3 is 10.0 Å². The van der Waals surface area contributed by atoms with Crippen LogP contribution in [0.5, 0.6) is 0 Å². The molecule has 2 N–H and O–H groups in total. The molecule has 1 aliphatic rings. The van der Waals surface area contributed by atoms with Crippen LogP contribution in [-0.4, -0.2) is 55.2 Å². The highest BCUT2D eigenvalue weighted by Gasteiger charge is 2.35. The van der Waals surface area contributed by atoms with Crippen LogP contribution in [0.25, 0.3) is 0 Å². The normalized spacial score (nSPS) is 20.2. The van der Waals surface area contributed by atoms with Crippen molar-refractivity contribution in [2.24, 2.45) is 5.92 Å². The number of aromatic nitrogens is 4. The quantitative estimate of drug-likeness (QED) is 0.861. The lowest BCUT2D eigenvalue weighted by Crippen LogP contribution is -2.34. The fourth-order valence-electron chi connectivity index (χ4n) is 2.88. The largest absolute Gasteiger partial charge is 0.389 e. The van der Waals surface area contributed by atoms with Gasteiger partial charge in [0.1, 0.15) is 5.82 Å². The molecule has 3 heterocycles. The molecule has 134 valence electrons. The second-order valence-corrected chi connectivity index (χ2v) is 6.84. The van der Waals surface area contributed by atoms with Crippen LogP contribution in [0.4, 0.5) is 10.6 Å². The Kier molecular flexibility index (Phi) is 5.28. The number of carbonyl (C=O) groups excluding carboxylic acids is 1. The first-order valence-electron chi connectivity index (χ1n) is 8.57. The van der Waals surface area contributed by atoms with Gasteiger partial charge in [-0.1, -0.05) is 25.1 Å². The number of urea groups is 1. The molecule has 1 fully saturated rings. The Morgan fingerprint density at radius 2 is 2.24 bits per heavy atom. The Labute approximate surface area is 146 Å². The number of aliphatic hydroxyl groups is 1. The van der Waals surface area contributed by atoms with Crippen molar-refractivity contribution < 1.29 is 9.90 Å². The molecule has 25 heavy (non-hydrogen) atoms. The van der Waals surface area contributed by atoms with E-state index in [1.165, 1.54) is 0 Å². The van der Waals surface area contributed by atoms with Crippen LogP contribution in [-0.2, 0) is 6.42 Å². The van der Waals surface area contributed by atoms with Gasteiger partial charge in [-0.15, -0.1) is 5.10 Å². The number of pyridine rings is 1. The molecule has 0 unspecified atom stereocenters. The maximum absolute atomic E-state index is 12.4. The van der Waals surface area contributed by atoms with Crippen LogP contribution in [0, 0.1) is 5.92 Å². The smallest absolute Gasteiger partial charge is 0.323 e. The molecule has 1 aliphatic heterocycles. The predicted octanol–water partition coefficient (Wildman–Crippen LogP) is 1.71. The van der Waals surface area contributed by atoms with Crippen molar-refractivity contribution in [1.29, 1.82) is 0 Å². The third kappa shape index (κ3) is 4.33. The number of carbonyl (C=O) groups is 1. The number of hydrogen-bond acceptors (Lipinski definition) is 5. The molecule has 8 nitrogen and oxygen atoms in total. The number of anilines is 1. The third-order valence-corrected chi connectivity index (χ3v) is 4.40. The molecule has 0 bridgehead atoms. The average molecular weight is 344 g/mol. The van der Waals surface area contributed by atoms with Crippen LogP contribution in [0.15, 0.2) is 30.7 Å². The Bertz CT molecular complexity index is 686. The summed E-state index contributed by atoms with van der Waals surface area (Å²) in [7, 11) is 0. The van der Waals surface area contributed by atoms with Gasteiger partial charge in [0, 0.05) is 18.9 Å². The van der Waals surface area contributed by atoms with E-state index < -0.39 is 6.10 Å². The molecule has 0 aliphatic carbocycles. The van der Waals surface area contributed by atoms with Crippen molar-refractivity contribution in [2.45, 2.75) is 38.8 Å². The van der Waals surface area contributed by atoms with Crippen molar-refractivity contribution in [3.8, 4) is 0 Å². The van der Waals surface area contributed by atoms with Crippen molar-refractivity contribution in [1.82, 2.24) is 24.9 Å². The van der Waals surface area contributed by atoms with Crippen molar-refractivity contribution in [2.75, 3.05) is 18.4 Å². The SMILES string of the molecule is CC(C)CCc1ccc(NC(=O)N2C[C@@H](O)[C@H](n3ccnn3)C2)nc1. The van der Waals surface area contributed by atoms with Crippen molar-refractivity contribution in [3.05, 3.63) is 36.3 Å². The number of nitrogens with one attached hydrogen (secondary N) is 1. The van der Waals surface area contributed by atoms with Gasteiger partial charge in [0.25, 0.3) is 0 Å². The molecule has 0 saturated carbocycles. The van der Waals surface area contributed by atoms with E-state index in [2.05, 4.69) is 34.5 Å². The van der Waals surface area contributed by atoms with Gasteiger partial charge in [-0.25, -0.2) is 14.5 Å². The van der Waals surface area contributed by atoms with E-state index in [-0.39, 0.29) is 18.6 Å². The van der Waals surface area contributed by atoms with Crippen LogP contribution in [0.1, 0.15) is 31.9 Å². The number of likely N-dealkylation sites (tertiary alicyclic amines) is 1. The third-order valence-electron chi connectivity index (χ3n) is 4.40. The van der Waals surface area contributed by atoms with E-state index in [1.807, 2.05) is 12.1 Å². The molecule has 0 spiro atoms. The highest BCUT2D eigenvalue weighted by molar-refractivity contribution is 5.88. The summed E-state index contributed by atoms with van der Waals surface area (Å²) in [5.41, 5.74) is 1.16. The summed E-state index contributed by atoms with van der Waals surface area (Å²) in [6, 6.07) is 3.25. The van der Waals surface area contributed by atoms with Gasteiger partial charge in [-0.3, -0.25) is 5.32 Å². The minimum atomic E-state index is -0.668. The monoisotopic (exact) mass is 344 g/mol. The zero-order valence-electron chi connectivity index (χ0n) is 14.5. The van der Waals surface area contributed by atoms with Crippen molar-refractivity contribution >= 4 is 11.8 Å². The molecular weight excluding hydrogens is 320 g/mol. The van der Waals surface area contributed by atoms with Gasteiger partial charge in [0.2, 0.25) is 0 Å². The molecule has 0 radical (unpaired) electrons. The van der Waals surface area contributed by atoms with Gasteiger partial charge in [0.15, 0.2) is 0 Å².